The number of nitrogens with zero attached hydrogens (tertiary/aromatic N) is 3. The number of aromatic nitrogens is 1. The average Bonchev–Trinajstić information content (AvgIpc) is 3.67. The van der Waals surface area contributed by atoms with Crippen molar-refractivity contribution in [1.82, 2.24) is 25.0 Å². The van der Waals surface area contributed by atoms with Crippen LogP contribution in [0.5, 0.6) is 0 Å². The minimum atomic E-state index is -2.05. The lowest BCUT2D eigenvalue weighted by Gasteiger charge is -2.48. The van der Waals surface area contributed by atoms with Gasteiger partial charge in [0.2, 0.25) is 17.5 Å². The van der Waals surface area contributed by atoms with Crippen molar-refractivity contribution in [2.75, 3.05) is 20.1 Å². The number of rotatable bonds is 4. The zero-order valence-electron chi connectivity index (χ0n) is 24.5. The summed E-state index contributed by atoms with van der Waals surface area (Å²) < 4.78 is 7.22. The quantitative estimate of drug-likeness (QED) is 0.397. The maximum atomic E-state index is 14.2. The van der Waals surface area contributed by atoms with Gasteiger partial charge in [0, 0.05) is 36.5 Å². The van der Waals surface area contributed by atoms with Crippen LogP contribution in [0.25, 0.3) is 16.5 Å². The average molecular weight is 661 g/mol. The van der Waals surface area contributed by atoms with E-state index in [1.165, 1.54) is 17.4 Å². The molecule has 3 N–H and O–H groups in total. The van der Waals surface area contributed by atoms with E-state index >= 15 is 0 Å². The van der Waals surface area contributed by atoms with E-state index in [1.54, 1.807) is 4.90 Å². The summed E-state index contributed by atoms with van der Waals surface area (Å²) in [5, 5.41) is 16.1. The Morgan fingerprint density at radius 1 is 1.18 bits per heavy atom. The van der Waals surface area contributed by atoms with Crippen LogP contribution in [0, 0.1) is 5.92 Å². The first-order valence-corrected chi connectivity index (χ1v) is 16.0. The number of piperazine rings is 1. The molecular formula is C33H34BrN5O5. The fourth-order valence-electron chi connectivity index (χ4n) is 8.17. The fraction of sp³-hybridized carbons (Fsp3) is 0.424. The Hall–Kier alpha value is -3.51. The molecule has 44 heavy (non-hydrogen) atoms. The number of carbonyl (C=O) groups is 3. The fourth-order valence-corrected chi connectivity index (χ4v) is 8.74. The molecule has 0 bridgehead atoms. The molecule has 0 saturated carbocycles. The van der Waals surface area contributed by atoms with Crippen LogP contribution < -0.4 is 5.32 Å². The molecule has 2 aromatic carbocycles. The van der Waals surface area contributed by atoms with Gasteiger partial charge in [-0.3, -0.25) is 28.9 Å². The first-order chi connectivity index (χ1) is 21.1. The molecular weight excluding hydrogens is 626 g/mol. The number of aliphatic hydroxyl groups is 1. The number of hydrogen-bond donors (Lipinski definition) is 3. The molecule has 4 aliphatic heterocycles. The van der Waals surface area contributed by atoms with Crippen LogP contribution >= 0.6 is 15.9 Å². The molecule has 10 nitrogen and oxygen atoms in total. The number of hydrogen-bond acceptors (Lipinski definition) is 6. The zero-order chi connectivity index (χ0) is 30.5. The summed E-state index contributed by atoms with van der Waals surface area (Å²) in [6, 6.07) is 14.0. The molecule has 3 saturated heterocycles. The normalized spacial score (nSPS) is 32.9. The second-order valence-corrected chi connectivity index (χ2v) is 13.7. The lowest BCUT2D eigenvalue weighted by molar-refractivity contribution is -0.315. The predicted molar refractivity (Wildman–Crippen MR) is 166 cm³/mol. The van der Waals surface area contributed by atoms with Crippen LogP contribution in [0.2, 0.25) is 0 Å². The van der Waals surface area contributed by atoms with E-state index in [0.29, 0.717) is 25.9 Å². The Balaban J connectivity index is 1.11. The Bertz CT molecular complexity index is 1760. The van der Waals surface area contributed by atoms with Gasteiger partial charge in [-0.2, -0.15) is 0 Å². The Labute approximate surface area is 263 Å². The summed E-state index contributed by atoms with van der Waals surface area (Å²) in [6.45, 7) is 2.43. The zero-order valence-corrected chi connectivity index (χ0v) is 26.1. The van der Waals surface area contributed by atoms with Crippen LogP contribution in [0.15, 0.2) is 59.2 Å². The molecule has 8 rings (SSSR count). The molecule has 0 radical (unpaired) electrons. The van der Waals surface area contributed by atoms with Gasteiger partial charge in [0.1, 0.15) is 12.1 Å². The van der Waals surface area contributed by atoms with E-state index in [1.807, 2.05) is 49.5 Å². The molecule has 5 heterocycles. The molecule has 0 unspecified atom stereocenters. The van der Waals surface area contributed by atoms with Gasteiger partial charge in [0.15, 0.2) is 0 Å². The Morgan fingerprint density at radius 3 is 2.77 bits per heavy atom. The predicted octanol–water partition coefficient (Wildman–Crippen LogP) is 2.75. The first-order valence-electron chi connectivity index (χ1n) is 15.2. The maximum absolute atomic E-state index is 14.2. The third kappa shape index (κ3) is 3.92. The molecule has 1 aromatic heterocycles. The van der Waals surface area contributed by atoms with Crippen LogP contribution in [-0.2, 0) is 32.0 Å². The Kier molecular flexibility index (Phi) is 6.20. The lowest BCUT2D eigenvalue weighted by Crippen LogP contribution is -2.71. The summed E-state index contributed by atoms with van der Waals surface area (Å²) >= 11 is 3.69. The summed E-state index contributed by atoms with van der Waals surface area (Å²) in [5.74, 6) is -3.80. The minimum Gasteiger partial charge on any atom is -0.349 e. The van der Waals surface area contributed by atoms with Crippen molar-refractivity contribution in [2.45, 2.75) is 62.4 Å². The highest BCUT2D eigenvalue weighted by Crippen LogP contribution is 2.47. The molecule has 228 valence electrons. The molecule has 0 spiro atoms. The number of benzene rings is 2. The van der Waals surface area contributed by atoms with Gasteiger partial charge in [-0.1, -0.05) is 48.5 Å². The number of nitrogens with one attached hydrogen (secondary N) is 2. The molecule has 3 fully saturated rings. The van der Waals surface area contributed by atoms with Crippen molar-refractivity contribution < 1.29 is 24.2 Å². The summed E-state index contributed by atoms with van der Waals surface area (Å²) in [7, 11) is 2.01. The van der Waals surface area contributed by atoms with Gasteiger partial charge < -0.3 is 20.3 Å². The van der Waals surface area contributed by atoms with Crippen molar-refractivity contribution in [3.05, 3.63) is 75.9 Å². The van der Waals surface area contributed by atoms with E-state index in [2.05, 4.69) is 43.3 Å². The third-order valence-corrected chi connectivity index (χ3v) is 10.9. The van der Waals surface area contributed by atoms with Crippen LogP contribution in [0.4, 0.5) is 0 Å². The third-order valence-electron chi connectivity index (χ3n) is 10.2. The second-order valence-electron chi connectivity index (χ2n) is 12.9. The van der Waals surface area contributed by atoms with Gasteiger partial charge in [-0.05, 0) is 77.5 Å². The van der Waals surface area contributed by atoms with Gasteiger partial charge in [-0.25, -0.2) is 0 Å². The van der Waals surface area contributed by atoms with Crippen molar-refractivity contribution in [3.63, 3.8) is 0 Å². The molecule has 6 atom stereocenters. The number of halogens is 1. The van der Waals surface area contributed by atoms with E-state index < -0.39 is 35.5 Å². The first kappa shape index (κ1) is 28.0. The minimum absolute atomic E-state index is 0.108. The number of H-pyrrole nitrogens is 1. The largest absolute Gasteiger partial charge is 0.349 e. The van der Waals surface area contributed by atoms with Crippen molar-refractivity contribution in [2.24, 2.45) is 5.92 Å². The number of likely N-dealkylation sites (N-methyl/N-ethyl adjacent to an activating group) is 1. The van der Waals surface area contributed by atoms with E-state index in [-0.39, 0.29) is 24.3 Å². The van der Waals surface area contributed by atoms with Crippen molar-refractivity contribution >= 4 is 50.1 Å². The van der Waals surface area contributed by atoms with Crippen LogP contribution in [0.3, 0.4) is 0 Å². The van der Waals surface area contributed by atoms with Crippen LogP contribution in [0.1, 0.15) is 36.5 Å². The van der Waals surface area contributed by atoms with E-state index in [0.717, 1.165) is 38.6 Å². The lowest BCUT2D eigenvalue weighted by atomic mass is 9.79. The van der Waals surface area contributed by atoms with E-state index in [9.17, 15) is 19.5 Å². The topological polar surface area (TPSA) is 118 Å². The van der Waals surface area contributed by atoms with Gasteiger partial charge in [-0.15, -0.1) is 0 Å². The standard InChI is InChI=1S/C33H34BrN5O5/c1-32(31(42)39-25(14-18-8-4-3-5-9-18)30(41)38-13-7-12-26(38)33(39,43)44-32)36-29(40)19-15-21-20-10-6-11-23-27(20)22(28(34)35-23)16-24(21)37(2)17-19/h3-6,8-11,15,19,24-26,35,43H,7,12-14,16-17H2,1-2H3,(H,36,40)/t19-,24-,25+,26+,32-,33+/m1/s1. The monoisotopic (exact) mass is 659 g/mol. The smallest absolute Gasteiger partial charge is 0.280 e. The molecule has 3 amide bonds. The molecule has 11 heteroatoms. The van der Waals surface area contributed by atoms with Gasteiger partial charge >= 0.3 is 0 Å². The number of fused-ring (bicyclic) bond motifs is 5. The summed E-state index contributed by atoms with van der Waals surface area (Å²) in [5.41, 5.74) is 3.46. The highest BCUT2D eigenvalue weighted by atomic mass is 79.9. The molecule has 3 aromatic rings. The number of ether oxygens (including phenoxy) is 1. The van der Waals surface area contributed by atoms with Crippen molar-refractivity contribution in [1.29, 1.82) is 0 Å². The highest BCUT2D eigenvalue weighted by Gasteiger charge is 2.70. The van der Waals surface area contributed by atoms with Gasteiger partial charge in [0.25, 0.3) is 11.8 Å². The van der Waals surface area contributed by atoms with Crippen LogP contribution in [-0.4, -0.2) is 92.4 Å². The summed E-state index contributed by atoms with van der Waals surface area (Å²) in [6.07, 6.45) is 4.25. The maximum Gasteiger partial charge on any atom is 0.280 e. The second kappa shape index (κ2) is 9.74. The Morgan fingerprint density at radius 2 is 1.98 bits per heavy atom. The number of amides is 3. The SMILES string of the molecule is CN1C[C@H](C(=O)N[C@]2(C)O[C@@]3(O)[C@@H]4CCCN4C(=O)[C@H](Cc4ccccc4)N3C2=O)C=C2c3cccc4[nH]c(Br)c(c34)C[C@H]21. The molecule has 5 aliphatic rings. The summed E-state index contributed by atoms with van der Waals surface area (Å²) in [4.78, 5) is 50.4. The van der Waals surface area contributed by atoms with E-state index in [4.69, 9.17) is 4.74 Å². The van der Waals surface area contributed by atoms with Gasteiger partial charge in [0.05, 0.1) is 10.5 Å². The van der Waals surface area contributed by atoms with Crippen molar-refractivity contribution in [3.8, 4) is 0 Å². The molecule has 1 aliphatic carbocycles. The number of carbonyl (C=O) groups excluding carboxylic acids is 3. The highest BCUT2D eigenvalue weighted by molar-refractivity contribution is 9.10. The number of aromatic amines is 1.